The average Bonchev–Trinajstić information content (AvgIpc) is 2.81. The van der Waals surface area contributed by atoms with E-state index in [0.29, 0.717) is 36.4 Å². The SMILES string of the molecule is CCc1cc(C(C)CC)cc(C=NCCN=Cc2cc(C(C)CC)cc(CC)c2O)c1O. The Bertz CT molecular complexity index is 869. The van der Waals surface area contributed by atoms with Crippen molar-refractivity contribution in [2.24, 2.45) is 9.98 Å². The maximum absolute atomic E-state index is 10.5. The summed E-state index contributed by atoms with van der Waals surface area (Å²) in [6, 6.07) is 8.30. The number of benzene rings is 2. The summed E-state index contributed by atoms with van der Waals surface area (Å²) < 4.78 is 0. The molecule has 0 radical (unpaired) electrons. The van der Waals surface area contributed by atoms with Crippen LogP contribution in [0.1, 0.15) is 99.6 Å². The van der Waals surface area contributed by atoms with Gasteiger partial charge in [-0.05, 0) is 71.9 Å². The van der Waals surface area contributed by atoms with Gasteiger partial charge in [0.15, 0.2) is 0 Å². The van der Waals surface area contributed by atoms with Gasteiger partial charge in [0.1, 0.15) is 11.5 Å². The van der Waals surface area contributed by atoms with Crippen LogP contribution in [0, 0.1) is 0 Å². The number of aryl methyl sites for hydroxylation is 2. The Hall–Kier alpha value is -2.62. The molecular weight excluding hydrogens is 396 g/mol. The Balaban J connectivity index is 2.11. The van der Waals surface area contributed by atoms with E-state index in [0.717, 1.165) is 47.9 Å². The highest BCUT2D eigenvalue weighted by molar-refractivity contribution is 5.85. The van der Waals surface area contributed by atoms with Gasteiger partial charge in [0.2, 0.25) is 0 Å². The highest BCUT2D eigenvalue weighted by Gasteiger charge is 2.12. The molecule has 4 nitrogen and oxygen atoms in total. The first-order valence-corrected chi connectivity index (χ1v) is 12.1. The monoisotopic (exact) mass is 436 g/mol. The standard InChI is InChI=1S/C28H40N2O2/c1-7-19(5)23-13-21(9-3)27(31)25(15-23)17-29-11-12-30-18-26-16-24(20(6)8-2)14-22(10-4)28(26)32/h13-20,31-32H,7-12H2,1-6H3. The molecule has 0 saturated carbocycles. The first-order valence-electron chi connectivity index (χ1n) is 12.1. The van der Waals surface area contributed by atoms with E-state index in [-0.39, 0.29) is 0 Å². The number of rotatable bonds is 11. The normalized spacial score (nSPS) is 13.8. The molecule has 2 rings (SSSR count). The van der Waals surface area contributed by atoms with Crippen LogP contribution in [0.25, 0.3) is 0 Å². The van der Waals surface area contributed by atoms with Gasteiger partial charge in [-0.2, -0.15) is 0 Å². The van der Waals surface area contributed by atoms with Crippen molar-refractivity contribution in [1.29, 1.82) is 0 Å². The molecule has 0 aliphatic carbocycles. The maximum atomic E-state index is 10.5. The lowest BCUT2D eigenvalue weighted by Crippen LogP contribution is -1.99. The fraction of sp³-hybridized carbons (Fsp3) is 0.500. The highest BCUT2D eigenvalue weighted by Crippen LogP contribution is 2.30. The van der Waals surface area contributed by atoms with Gasteiger partial charge < -0.3 is 10.2 Å². The van der Waals surface area contributed by atoms with Crippen LogP contribution in [-0.2, 0) is 12.8 Å². The molecule has 0 spiro atoms. The summed E-state index contributed by atoms with van der Waals surface area (Å²) in [7, 11) is 0. The molecule has 0 heterocycles. The topological polar surface area (TPSA) is 65.2 Å². The van der Waals surface area contributed by atoms with Gasteiger partial charge in [0.05, 0.1) is 13.1 Å². The highest BCUT2D eigenvalue weighted by atomic mass is 16.3. The lowest BCUT2D eigenvalue weighted by molar-refractivity contribution is 0.467. The number of phenols is 2. The van der Waals surface area contributed by atoms with Crippen molar-refractivity contribution in [2.75, 3.05) is 13.1 Å². The van der Waals surface area contributed by atoms with Gasteiger partial charge in [-0.15, -0.1) is 0 Å². The Morgan fingerprint density at radius 1 is 0.688 bits per heavy atom. The zero-order valence-corrected chi connectivity index (χ0v) is 20.7. The first kappa shape index (κ1) is 25.6. The number of hydrogen-bond donors (Lipinski definition) is 2. The molecule has 2 atom stereocenters. The molecule has 2 N–H and O–H groups in total. The van der Waals surface area contributed by atoms with Crippen LogP contribution in [0.4, 0.5) is 0 Å². The minimum atomic E-state index is 0.325. The fourth-order valence-electron chi connectivity index (χ4n) is 3.71. The van der Waals surface area contributed by atoms with Gasteiger partial charge >= 0.3 is 0 Å². The zero-order valence-electron chi connectivity index (χ0n) is 20.7. The second kappa shape index (κ2) is 12.4. The van der Waals surface area contributed by atoms with Crippen molar-refractivity contribution in [3.63, 3.8) is 0 Å². The summed E-state index contributed by atoms with van der Waals surface area (Å²) in [5.41, 5.74) is 5.96. The fourth-order valence-corrected chi connectivity index (χ4v) is 3.71. The maximum Gasteiger partial charge on any atom is 0.127 e. The number of nitrogens with zero attached hydrogens (tertiary/aromatic N) is 2. The van der Waals surface area contributed by atoms with Gasteiger partial charge in [-0.3, -0.25) is 9.98 Å². The number of phenolic OH excluding ortho intramolecular Hbond substituents is 2. The minimum absolute atomic E-state index is 0.325. The summed E-state index contributed by atoms with van der Waals surface area (Å²) in [6.45, 7) is 13.9. The van der Waals surface area contributed by atoms with Crippen molar-refractivity contribution in [2.45, 2.75) is 79.1 Å². The Morgan fingerprint density at radius 2 is 1.06 bits per heavy atom. The quantitative estimate of drug-likeness (QED) is 0.301. The summed E-state index contributed by atoms with van der Waals surface area (Å²) in [5, 5.41) is 21.1. The summed E-state index contributed by atoms with van der Waals surface area (Å²) >= 11 is 0. The predicted molar refractivity (Wildman–Crippen MR) is 137 cm³/mol. The van der Waals surface area contributed by atoms with Crippen molar-refractivity contribution < 1.29 is 10.2 Å². The van der Waals surface area contributed by atoms with Crippen LogP contribution in [0.5, 0.6) is 11.5 Å². The molecule has 0 bridgehead atoms. The van der Waals surface area contributed by atoms with Crippen molar-refractivity contribution >= 4 is 12.4 Å². The molecule has 0 aliphatic rings. The molecule has 0 aliphatic heterocycles. The van der Waals surface area contributed by atoms with Crippen LogP contribution >= 0.6 is 0 Å². The van der Waals surface area contributed by atoms with Crippen LogP contribution in [0.2, 0.25) is 0 Å². The average molecular weight is 437 g/mol. The molecule has 2 aromatic rings. The van der Waals surface area contributed by atoms with Gasteiger partial charge in [-0.25, -0.2) is 0 Å². The first-order chi connectivity index (χ1) is 15.4. The zero-order chi connectivity index (χ0) is 23.7. The van der Waals surface area contributed by atoms with Gasteiger partial charge in [0, 0.05) is 23.6 Å². The van der Waals surface area contributed by atoms with Crippen molar-refractivity contribution in [1.82, 2.24) is 0 Å². The second-order valence-electron chi connectivity index (χ2n) is 8.63. The lowest BCUT2D eigenvalue weighted by atomic mass is 9.93. The Morgan fingerprint density at radius 3 is 1.38 bits per heavy atom. The molecule has 174 valence electrons. The van der Waals surface area contributed by atoms with E-state index in [9.17, 15) is 10.2 Å². The third-order valence-electron chi connectivity index (χ3n) is 6.42. The molecule has 0 amide bonds. The molecular formula is C28H40N2O2. The molecule has 32 heavy (non-hydrogen) atoms. The Labute approximate surface area is 194 Å². The van der Waals surface area contributed by atoms with E-state index in [4.69, 9.17) is 0 Å². The van der Waals surface area contributed by atoms with E-state index in [2.05, 4.69) is 63.7 Å². The van der Waals surface area contributed by atoms with Gasteiger partial charge in [-0.1, -0.05) is 53.7 Å². The van der Waals surface area contributed by atoms with E-state index < -0.39 is 0 Å². The second-order valence-corrected chi connectivity index (χ2v) is 8.63. The van der Waals surface area contributed by atoms with Crippen LogP contribution in [0.3, 0.4) is 0 Å². The smallest absolute Gasteiger partial charge is 0.127 e. The van der Waals surface area contributed by atoms with E-state index >= 15 is 0 Å². The summed E-state index contributed by atoms with van der Waals surface area (Å²) in [6.07, 6.45) is 7.21. The van der Waals surface area contributed by atoms with Crippen LogP contribution in [0.15, 0.2) is 34.3 Å². The summed E-state index contributed by atoms with van der Waals surface area (Å²) in [5.74, 6) is 1.55. The number of aromatic hydroxyl groups is 2. The number of hydrogen-bond acceptors (Lipinski definition) is 4. The summed E-state index contributed by atoms with van der Waals surface area (Å²) in [4.78, 5) is 8.98. The van der Waals surface area contributed by atoms with E-state index in [1.807, 2.05) is 12.1 Å². The molecule has 0 saturated heterocycles. The van der Waals surface area contributed by atoms with Crippen molar-refractivity contribution in [3.05, 3.63) is 57.6 Å². The van der Waals surface area contributed by atoms with Crippen molar-refractivity contribution in [3.8, 4) is 11.5 Å². The molecule has 2 aromatic carbocycles. The van der Waals surface area contributed by atoms with Crippen LogP contribution < -0.4 is 0 Å². The lowest BCUT2D eigenvalue weighted by Gasteiger charge is -2.14. The van der Waals surface area contributed by atoms with Gasteiger partial charge in [0.25, 0.3) is 0 Å². The predicted octanol–water partition coefficient (Wildman–Crippen LogP) is 6.79. The minimum Gasteiger partial charge on any atom is -0.507 e. The largest absolute Gasteiger partial charge is 0.507 e. The molecule has 0 fully saturated rings. The van der Waals surface area contributed by atoms with E-state index in [1.54, 1.807) is 12.4 Å². The molecule has 2 unspecified atom stereocenters. The molecule has 4 heteroatoms. The molecule has 0 aromatic heterocycles. The Kier molecular flexibility index (Phi) is 9.96. The van der Waals surface area contributed by atoms with Crippen LogP contribution in [-0.4, -0.2) is 35.7 Å². The number of aliphatic imine (C=N–C) groups is 2. The third-order valence-corrected chi connectivity index (χ3v) is 6.42. The van der Waals surface area contributed by atoms with E-state index in [1.165, 1.54) is 11.1 Å². The third kappa shape index (κ3) is 6.44.